The van der Waals surface area contributed by atoms with Crippen LogP contribution in [-0.2, 0) is 20.1 Å². The molecule has 3 rings (SSSR count). The molecule has 0 saturated heterocycles. The van der Waals surface area contributed by atoms with Gasteiger partial charge in [-0.3, -0.25) is 4.68 Å². The van der Waals surface area contributed by atoms with Crippen molar-refractivity contribution >= 4 is 0 Å². The maximum Gasteiger partial charge on any atom is 0.120 e. The molecule has 1 aliphatic rings. The Kier molecular flexibility index (Phi) is 4.25. The normalized spacial score (nSPS) is 17.5. The van der Waals surface area contributed by atoms with Crippen LogP contribution >= 0.6 is 0 Å². The van der Waals surface area contributed by atoms with Gasteiger partial charge in [0.1, 0.15) is 12.4 Å². The molecule has 0 aliphatic heterocycles. The number of nitrogens with zero attached hydrogens (tertiary/aromatic N) is 2. The van der Waals surface area contributed by atoms with Crippen LogP contribution in [0.25, 0.3) is 0 Å². The van der Waals surface area contributed by atoms with Crippen LogP contribution in [0.15, 0.2) is 30.6 Å². The predicted molar refractivity (Wildman–Crippen MR) is 83.3 cm³/mol. The Morgan fingerprint density at radius 2 is 2.33 bits per heavy atom. The highest BCUT2D eigenvalue weighted by atomic mass is 16.5. The van der Waals surface area contributed by atoms with E-state index in [-0.39, 0.29) is 0 Å². The fraction of sp³-hybridized carbons (Fsp3) is 0.471. The third-order valence-corrected chi connectivity index (χ3v) is 4.05. The van der Waals surface area contributed by atoms with E-state index in [1.807, 2.05) is 19.4 Å². The number of nitrogens with one attached hydrogen (secondary N) is 1. The van der Waals surface area contributed by atoms with Crippen LogP contribution in [0.3, 0.4) is 0 Å². The van der Waals surface area contributed by atoms with Gasteiger partial charge in [-0.2, -0.15) is 5.10 Å². The van der Waals surface area contributed by atoms with Gasteiger partial charge in [-0.15, -0.1) is 0 Å². The summed E-state index contributed by atoms with van der Waals surface area (Å²) in [6.07, 6.45) is 7.49. The van der Waals surface area contributed by atoms with Crippen LogP contribution in [-0.4, -0.2) is 16.3 Å². The number of benzene rings is 1. The SMILES string of the molecule is CCNC1CCCc2ccc(OCc3cnn(C)c3)cc21. The summed E-state index contributed by atoms with van der Waals surface area (Å²) in [5.41, 5.74) is 3.96. The Labute approximate surface area is 126 Å². The Morgan fingerprint density at radius 1 is 1.43 bits per heavy atom. The van der Waals surface area contributed by atoms with Gasteiger partial charge in [0.15, 0.2) is 0 Å². The molecule has 1 unspecified atom stereocenters. The molecule has 112 valence electrons. The van der Waals surface area contributed by atoms with Crippen molar-refractivity contribution in [1.82, 2.24) is 15.1 Å². The standard InChI is InChI=1S/C17H23N3O/c1-3-18-17-6-4-5-14-7-8-15(9-16(14)17)21-12-13-10-19-20(2)11-13/h7-11,17-18H,3-6,12H2,1-2H3. The molecule has 0 radical (unpaired) electrons. The van der Waals surface area contributed by atoms with Crippen LogP contribution in [0.4, 0.5) is 0 Å². The Bertz CT molecular complexity index is 606. The van der Waals surface area contributed by atoms with Gasteiger partial charge in [-0.05, 0) is 49.1 Å². The molecule has 0 fully saturated rings. The van der Waals surface area contributed by atoms with E-state index < -0.39 is 0 Å². The number of ether oxygens (including phenoxy) is 1. The van der Waals surface area contributed by atoms with Crippen LogP contribution < -0.4 is 10.1 Å². The summed E-state index contributed by atoms with van der Waals surface area (Å²) in [5.74, 6) is 0.947. The van der Waals surface area contributed by atoms with Crippen molar-refractivity contribution < 1.29 is 4.74 Å². The summed E-state index contributed by atoms with van der Waals surface area (Å²) in [6, 6.07) is 6.99. The molecule has 4 nitrogen and oxygen atoms in total. The first-order valence-corrected chi connectivity index (χ1v) is 7.73. The second-order valence-electron chi connectivity index (χ2n) is 5.67. The molecule has 0 bridgehead atoms. The summed E-state index contributed by atoms with van der Waals surface area (Å²) < 4.78 is 7.72. The molecule has 1 N–H and O–H groups in total. The first kappa shape index (κ1) is 14.1. The second-order valence-corrected chi connectivity index (χ2v) is 5.67. The van der Waals surface area contributed by atoms with Crippen LogP contribution in [0.2, 0.25) is 0 Å². The monoisotopic (exact) mass is 285 g/mol. The molecule has 1 aromatic carbocycles. The highest BCUT2D eigenvalue weighted by Gasteiger charge is 2.19. The maximum absolute atomic E-state index is 5.92. The average molecular weight is 285 g/mol. The minimum Gasteiger partial charge on any atom is -0.489 e. The summed E-state index contributed by atoms with van der Waals surface area (Å²) in [4.78, 5) is 0. The summed E-state index contributed by atoms with van der Waals surface area (Å²) in [5, 5.41) is 7.74. The lowest BCUT2D eigenvalue weighted by Crippen LogP contribution is -2.24. The average Bonchev–Trinajstić information content (AvgIpc) is 2.91. The topological polar surface area (TPSA) is 39.1 Å². The van der Waals surface area contributed by atoms with Crippen molar-refractivity contribution in [3.05, 3.63) is 47.3 Å². The molecule has 1 heterocycles. The fourth-order valence-corrected chi connectivity index (χ4v) is 3.04. The van der Waals surface area contributed by atoms with Gasteiger partial charge in [0.25, 0.3) is 0 Å². The van der Waals surface area contributed by atoms with E-state index in [0.717, 1.165) is 17.9 Å². The lowest BCUT2D eigenvalue weighted by atomic mass is 9.87. The van der Waals surface area contributed by atoms with Gasteiger partial charge in [0.2, 0.25) is 0 Å². The molecule has 0 spiro atoms. The highest BCUT2D eigenvalue weighted by molar-refractivity contribution is 5.39. The quantitative estimate of drug-likeness (QED) is 0.918. The van der Waals surface area contributed by atoms with Crippen molar-refractivity contribution in [2.45, 2.75) is 38.8 Å². The third-order valence-electron chi connectivity index (χ3n) is 4.05. The van der Waals surface area contributed by atoms with E-state index in [1.54, 1.807) is 4.68 Å². The fourth-order valence-electron chi connectivity index (χ4n) is 3.04. The van der Waals surface area contributed by atoms with Crippen molar-refractivity contribution in [3.8, 4) is 5.75 Å². The van der Waals surface area contributed by atoms with E-state index >= 15 is 0 Å². The smallest absolute Gasteiger partial charge is 0.120 e. The molecule has 1 aliphatic carbocycles. The van der Waals surface area contributed by atoms with E-state index in [4.69, 9.17) is 4.74 Å². The van der Waals surface area contributed by atoms with Gasteiger partial charge in [-0.25, -0.2) is 0 Å². The molecule has 0 saturated carbocycles. The molecule has 0 amide bonds. The number of hydrogen-bond acceptors (Lipinski definition) is 3. The molecule has 21 heavy (non-hydrogen) atoms. The van der Waals surface area contributed by atoms with Gasteiger partial charge >= 0.3 is 0 Å². The highest BCUT2D eigenvalue weighted by Crippen LogP contribution is 2.32. The predicted octanol–water partition coefficient (Wildman–Crippen LogP) is 2.99. The minimum atomic E-state index is 0.473. The van der Waals surface area contributed by atoms with Crippen LogP contribution in [0.5, 0.6) is 5.75 Å². The zero-order valence-electron chi connectivity index (χ0n) is 12.8. The Morgan fingerprint density at radius 3 is 3.10 bits per heavy atom. The number of aromatic nitrogens is 2. The van der Waals surface area contributed by atoms with Gasteiger partial charge in [-0.1, -0.05) is 13.0 Å². The van der Waals surface area contributed by atoms with Crippen molar-refractivity contribution in [2.24, 2.45) is 7.05 Å². The third kappa shape index (κ3) is 3.27. The summed E-state index contributed by atoms with van der Waals surface area (Å²) in [6.45, 7) is 3.74. The largest absolute Gasteiger partial charge is 0.489 e. The zero-order valence-corrected chi connectivity index (χ0v) is 12.8. The molecule has 2 aromatic rings. The lowest BCUT2D eigenvalue weighted by Gasteiger charge is -2.26. The maximum atomic E-state index is 5.92. The number of rotatable bonds is 5. The van der Waals surface area contributed by atoms with Gasteiger partial charge in [0, 0.05) is 24.8 Å². The van der Waals surface area contributed by atoms with Crippen LogP contribution in [0, 0.1) is 0 Å². The number of hydrogen-bond donors (Lipinski definition) is 1. The van der Waals surface area contributed by atoms with Gasteiger partial charge in [0.05, 0.1) is 6.20 Å². The minimum absolute atomic E-state index is 0.473. The number of fused-ring (bicyclic) bond motifs is 1. The van der Waals surface area contributed by atoms with E-state index in [2.05, 4.69) is 35.5 Å². The Hall–Kier alpha value is -1.81. The van der Waals surface area contributed by atoms with E-state index in [9.17, 15) is 0 Å². The molecular formula is C17H23N3O. The Balaban J connectivity index is 1.73. The van der Waals surface area contributed by atoms with Gasteiger partial charge < -0.3 is 10.1 Å². The molecular weight excluding hydrogens is 262 g/mol. The van der Waals surface area contributed by atoms with Crippen LogP contribution in [0.1, 0.15) is 42.5 Å². The zero-order chi connectivity index (χ0) is 14.7. The molecule has 1 atom stereocenters. The lowest BCUT2D eigenvalue weighted by molar-refractivity contribution is 0.305. The van der Waals surface area contributed by atoms with E-state index in [0.29, 0.717) is 12.6 Å². The molecule has 4 heteroatoms. The van der Waals surface area contributed by atoms with E-state index in [1.165, 1.54) is 30.4 Å². The van der Waals surface area contributed by atoms with Crippen molar-refractivity contribution in [3.63, 3.8) is 0 Å². The first-order chi connectivity index (χ1) is 10.3. The van der Waals surface area contributed by atoms with Crippen molar-refractivity contribution in [1.29, 1.82) is 0 Å². The first-order valence-electron chi connectivity index (χ1n) is 7.73. The number of aryl methyl sites for hydroxylation is 2. The second kappa shape index (κ2) is 6.31. The van der Waals surface area contributed by atoms with Crippen molar-refractivity contribution in [2.75, 3.05) is 6.54 Å². The summed E-state index contributed by atoms with van der Waals surface area (Å²) in [7, 11) is 1.92. The molecule has 1 aromatic heterocycles. The summed E-state index contributed by atoms with van der Waals surface area (Å²) >= 11 is 0.